The van der Waals surface area contributed by atoms with Crippen LogP contribution in [0.15, 0.2) is 102 Å². The Morgan fingerprint density at radius 2 is 1.43 bits per heavy atom. The zero-order valence-electron chi connectivity index (χ0n) is 19.9. The number of aryl methyl sites for hydroxylation is 1. The minimum atomic E-state index is -0.162. The van der Waals surface area contributed by atoms with Crippen molar-refractivity contribution in [2.24, 2.45) is 7.05 Å². The van der Waals surface area contributed by atoms with Crippen LogP contribution in [-0.2, 0) is 7.05 Å². The number of fused-ring (bicyclic) bond motifs is 2. The van der Waals surface area contributed by atoms with Gasteiger partial charge in [0.15, 0.2) is 5.78 Å². The van der Waals surface area contributed by atoms with Crippen LogP contribution in [0.2, 0.25) is 0 Å². The van der Waals surface area contributed by atoms with Gasteiger partial charge in [-0.3, -0.25) is 4.79 Å². The van der Waals surface area contributed by atoms with Crippen molar-refractivity contribution in [2.45, 2.75) is 0 Å². The number of nitriles is 2. The molecule has 1 aliphatic rings. The van der Waals surface area contributed by atoms with E-state index in [1.54, 1.807) is 29.5 Å². The molecular formula is C32H19N3OS. The molecule has 2 heterocycles. The van der Waals surface area contributed by atoms with Gasteiger partial charge in [0.2, 0.25) is 0 Å². The van der Waals surface area contributed by atoms with Crippen molar-refractivity contribution >= 4 is 39.0 Å². The van der Waals surface area contributed by atoms with Gasteiger partial charge in [-0.2, -0.15) is 10.5 Å². The predicted octanol–water partition coefficient (Wildman–Crippen LogP) is 7.65. The van der Waals surface area contributed by atoms with E-state index in [-0.39, 0.29) is 11.4 Å². The van der Waals surface area contributed by atoms with E-state index in [9.17, 15) is 15.3 Å². The van der Waals surface area contributed by atoms with Gasteiger partial charge in [0, 0.05) is 34.3 Å². The zero-order chi connectivity index (χ0) is 25.5. The Morgan fingerprint density at radius 1 is 0.811 bits per heavy atom. The molecule has 0 aliphatic heterocycles. The molecule has 0 saturated heterocycles. The van der Waals surface area contributed by atoms with Gasteiger partial charge in [-0.05, 0) is 40.5 Å². The number of thiophene rings is 1. The minimum absolute atomic E-state index is 0.0492. The Labute approximate surface area is 218 Å². The van der Waals surface area contributed by atoms with Crippen molar-refractivity contribution in [3.63, 3.8) is 0 Å². The van der Waals surface area contributed by atoms with E-state index in [0.717, 1.165) is 26.4 Å². The van der Waals surface area contributed by atoms with E-state index in [1.165, 1.54) is 11.1 Å². The average molecular weight is 494 g/mol. The first-order valence-electron chi connectivity index (χ1n) is 11.7. The molecule has 0 unspecified atom stereocenters. The lowest BCUT2D eigenvalue weighted by Crippen LogP contribution is -1.95. The van der Waals surface area contributed by atoms with Gasteiger partial charge >= 0.3 is 0 Å². The van der Waals surface area contributed by atoms with Crippen LogP contribution in [0, 0.1) is 22.7 Å². The number of aromatic nitrogens is 1. The van der Waals surface area contributed by atoms with Crippen LogP contribution >= 0.6 is 11.3 Å². The topological polar surface area (TPSA) is 69.6 Å². The van der Waals surface area contributed by atoms with Gasteiger partial charge in [-0.25, -0.2) is 0 Å². The molecule has 2 aromatic heterocycles. The largest absolute Gasteiger partial charge is 0.343 e. The number of Topliss-reactive ketones (excluding diaryl/α,β-unsaturated/α-hetero) is 1. The van der Waals surface area contributed by atoms with Gasteiger partial charge in [0.1, 0.15) is 17.7 Å². The summed E-state index contributed by atoms with van der Waals surface area (Å²) in [6.45, 7) is 0. The molecule has 1 aliphatic carbocycles. The first kappa shape index (κ1) is 22.5. The van der Waals surface area contributed by atoms with E-state index < -0.39 is 0 Å². The summed E-state index contributed by atoms with van der Waals surface area (Å²) in [5, 5.41) is 19.1. The zero-order valence-corrected chi connectivity index (χ0v) is 20.7. The van der Waals surface area contributed by atoms with Gasteiger partial charge in [0.25, 0.3) is 0 Å². The summed E-state index contributed by atoms with van der Waals surface area (Å²) >= 11 is 1.59. The van der Waals surface area contributed by atoms with Crippen LogP contribution in [0.25, 0.3) is 44.3 Å². The van der Waals surface area contributed by atoms with Crippen LogP contribution in [-0.4, -0.2) is 10.4 Å². The van der Waals surface area contributed by atoms with Crippen molar-refractivity contribution in [1.82, 2.24) is 4.57 Å². The molecule has 0 saturated carbocycles. The van der Waals surface area contributed by atoms with Gasteiger partial charge in [0.05, 0.1) is 10.2 Å². The highest BCUT2D eigenvalue weighted by molar-refractivity contribution is 7.19. The third-order valence-corrected chi connectivity index (χ3v) is 7.77. The van der Waals surface area contributed by atoms with E-state index in [1.807, 2.05) is 49.5 Å². The van der Waals surface area contributed by atoms with Crippen molar-refractivity contribution in [1.29, 1.82) is 10.5 Å². The SMILES string of the molecule is Cn1c(-c2ccc(-c3ccccc3)cc2)cc2sc(/C=C3\C(=O)c4ccccc4C3=C(C#N)C#N)cc21. The number of allylic oxidation sites excluding steroid dienone is 3. The van der Waals surface area contributed by atoms with Gasteiger partial charge < -0.3 is 4.57 Å². The lowest BCUT2D eigenvalue weighted by molar-refractivity contribution is 0.104. The molecular weight excluding hydrogens is 474 g/mol. The van der Waals surface area contributed by atoms with E-state index in [0.29, 0.717) is 22.3 Å². The standard InChI is InChI=1S/C32H19N3OS/c1-35-28(22-13-11-21(12-14-22)20-7-3-2-4-8-20)17-30-29(35)16-24(37-30)15-27-31(23(18-33)19-34)25-9-5-6-10-26(25)32(27)36/h2-17H,1H3/b27-15-. The van der Waals surface area contributed by atoms with Crippen molar-refractivity contribution in [3.8, 4) is 34.5 Å². The molecule has 5 heteroatoms. The van der Waals surface area contributed by atoms with Gasteiger partial charge in [-0.15, -0.1) is 11.3 Å². The highest BCUT2D eigenvalue weighted by Crippen LogP contribution is 2.41. The normalized spacial score (nSPS) is 13.5. The first-order chi connectivity index (χ1) is 18.1. The maximum absolute atomic E-state index is 13.2. The van der Waals surface area contributed by atoms with E-state index in [2.05, 4.69) is 53.1 Å². The third-order valence-electron chi connectivity index (χ3n) is 6.75. The Bertz CT molecular complexity index is 1840. The van der Waals surface area contributed by atoms with E-state index >= 15 is 0 Å². The smallest absolute Gasteiger partial charge is 0.194 e. The highest BCUT2D eigenvalue weighted by atomic mass is 32.1. The summed E-state index contributed by atoms with van der Waals surface area (Å²) in [4.78, 5) is 14.1. The number of nitrogens with zero attached hydrogens (tertiary/aromatic N) is 3. The van der Waals surface area contributed by atoms with Crippen LogP contribution in [0.3, 0.4) is 0 Å². The predicted molar refractivity (Wildman–Crippen MR) is 149 cm³/mol. The maximum Gasteiger partial charge on any atom is 0.194 e. The average Bonchev–Trinajstić information content (AvgIpc) is 3.57. The van der Waals surface area contributed by atoms with E-state index in [4.69, 9.17) is 0 Å². The van der Waals surface area contributed by atoms with Crippen molar-refractivity contribution in [3.05, 3.63) is 118 Å². The summed E-state index contributed by atoms with van der Waals surface area (Å²) in [6, 6.07) is 34.2. The first-order valence-corrected chi connectivity index (χ1v) is 12.6. The summed E-state index contributed by atoms with van der Waals surface area (Å²) in [6.07, 6.45) is 1.81. The molecule has 6 rings (SSSR count). The second kappa shape index (κ2) is 8.91. The van der Waals surface area contributed by atoms with Crippen molar-refractivity contribution < 1.29 is 4.79 Å². The Hall–Kier alpha value is -4.97. The molecule has 0 spiro atoms. The van der Waals surface area contributed by atoms with Crippen LogP contribution in [0.5, 0.6) is 0 Å². The molecule has 0 bridgehead atoms. The maximum atomic E-state index is 13.2. The second-order valence-corrected chi connectivity index (χ2v) is 9.95. The summed E-state index contributed by atoms with van der Waals surface area (Å²) in [5.74, 6) is -0.162. The molecule has 174 valence electrons. The fourth-order valence-corrected chi connectivity index (χ4v) is 6.00. The molecule has 5 aromatic rings. The number of hydrogen-bond donors (Lipinski definition) is 0. The highest BCUT2D eigenvalue weighted by Gasteiger charge is 2.32. The quantitative estimate of drug-likeness (QED) is 0.191. The monoisotopic (exact) mass is 493 g/mol. The number of carbonyl (C=O) groups is 1. The molecule has 3 aromatic carbocycles. The third kappa shape index (κ3) is 3.70. The number of hydrogen-bond acceptors (Lipinski definition) is 4. The lowest BCUT2D eigenvalue weighted by Gasteiger charge is -2.06. The Morgan fingerprint density at radius 3 is 2.11 bits per heavy atom. The lowest BCUT2D eigenvalue weighted by atomic mass is 9.99. The Kier molecular flexibility index (Phi) is 5.42. The fourth-order valence-electron chi connectivity index (χ4n) is 4.93. The van der Waals surface area contributed by atoms with Crippen LogP contribution in [0.4, 0.5) is 0 Å². The molecule has 0 fully saturated rings. The number of rotatable bonds is 3. The van der Waals surface area contributed by atoms with Crippen LogP contribution < -0.4 is 0 Å². The van der Waals surface area contributed by atoms with Gasteiger partial charge in [-0.1, -0.05) is 78.9 Å². The molecule has 0 N–H and O–H groups in total. The molecule has 4 nitrogen and oxygen atoms in total. The molecule has 0 amide bonds. The molecule has 0 atom stereocenters. The molecule has 37 heavy (non-hydrogen) atoms. The number of benzene rings is 3. The second-order valence-electron chi connectivity index (χ2n) is 8.84. The Balaban J connectivity index is 1.39. The number of ketones is 1. The van der Waals surface area contributed by atoms with Crippen molar-refractivity contribution in [2.75, 3.05) is 0 Å². The summed E-state index contributed by atoms with van der Waals surface area (Å²) < 4.78 is 3.26. The number of carbonyl (C=O) groups excluding carboxylic acids is 1. The molecule has 0 radical (unpaired) electrons. The summed E-state index contributed by atoms with van der Waals surface area (Å²) in [5.41, 5.74) is 7.59. The summed E-state index contributed by atoms with van der Waals surface area (Å²) in [7, 11) is 2.04. The minimum Gasteiger partial charge on any atom is -0.343 e. The fraction of sp³-hybridized carbons (Fsp3) is 0.0312. The van der Waals surface area contributed by atoms with Crippen LogP contribution in [0.1, 0.15) is 20.8 Å².